The van der Waals surface area contributed by atoms with Crippen molar-refractivity contribution >= 4 is 15.8 Å². The number of nitrogens with one attached hydrogen (secondary N) is 2. The van der Waals surface area contributed by atoms with E-state index in [1.54, 1.807) is 7.05 Å². The molecule has 1 saturated heterocycles. The Morgan fingerprint density at radius 3 is 2.65 bits per heavy atom. The Balaban J connectivity index is 1.77. The van der Waals surface area contributed by atoms with Crippen LogP contribution in [0.5, 0.6) is 5.75 Å². The lowest BCUT2D eigenvalue weighted by atomic mass is 10.2. The third-order valence-electron chi connectivity index (χ3n) is 3.71. The summed E-state index contributed by atoms with van der Waals surface area (Å²) >= 11 is 0. The van der Waals surface area contributed by atoms with Crippen molar-refractivity contribution in [2.75, 3.05) is 25.1 Å². The van der Waals surface area contributed by atoms with Gasteiger partial charge in [-0.05, 0) is 32.4 Å². The monoisotopic (exact) mass is 339 g/mol. The smallest absolute Gasteiger partial charge is 0.191 e. The summed E-state index contributed by atoms with van der Waals surface area (Å²) in [6.45, 7) is 4.58. The number of nitrogens with zero attached hydrogens (tertiary/aromatic N) is 1. The molecule has 23 heavy (non-hydrogen) atoms. The molecular weight excluding hydrogens is 314 g/mol. The molecule has 7 heteroatoms. The molecule has 0 aliphatic carbocycles. The van der Waals surface area contributed by atoms with Crippen LogP contribution in [-0.2, 0) is 9.84 Å². The molecule has 2 N–H and O–H groups in total. The van der Waals surface area contributed by atoms with E-state index in [1.165, 1.54) is 5.56 Å². The van der Waals surface area contributed by atoms with Gasteiger partial charge in [-0.1, -0.05) is 17.7 Å². The molecule has 0 amide bonds. The molecule has 128 valence electrons. The van der Waals surface area contributed by atoms with Gasteiger partial charge in [0.05, 0.1) is 18.1 Å². The maximum absolute atomic E-state index is 11.5. The van der Waals surface area contributed by atoms with Gasteiger partial charge < -0.3 is 15.4 Å². The number of sulfone groups is 1. The largest absolute Gasteiger partial charge is 0.489 e. The molecule has 2 unspecified atom stereocenters. The van der Waals surface area contributed by atoms with Crippen LogP contribution in [0.2, 0.25) is 0 Å². The first-order chi connectivity index (χ1) is 10.9. The zero-order valence-corrected chi connectivity index (χ0v) is 14.7. The van der Waals surface area contributed by atoms with E-state index in [-0.39, 0.29) is 23.7 Å². The molecule has 0 spiro atoms. The summed E-state index contributed by atoms with van der Waals surface area (Å²) in [4.78, 5) is 4.13. The van der Waals surface area contributed by atoms with Crippen LogP contribution in [0, 0.1) is 6.92 Å². The molecule has 1 aromatic rings. The molecule has 0 radical (unpaired) electrons. The molecule has 0 saturated carbocycles. The average molecular weight is 339 g/mol. The summed E-state index contributed by atoms with van der Waals surface area (Å²) in [5, 5.41) is 6.33. The average Bonchev–Trinajstić information content (AvgIpc) is 2.85. The normalized spacial score (nSPS) is 21.7. The lowest BCUT2D eigenvalue weighted by Gasteiger charge is -2.19. The number of rotatable bonds is 5. The Bertz CT molecular complexity index is 641. The predicted molar refractivity (Wildman–Crippen MR) is 92.8 cm³/mol. The van der Waals surface area contributed by atoms with Crippen molar-refractivity contribution in [2.24, 2.45) is 4.99 Å². The van der Waals surface area contributed by atoms with Gasteiger partial charge in [0.25, 0.3) is 0 Å². The van der Waals surface area contributed by atoms with Crippen molar-refractivity contribution < 1.29 is 13.2 Å². The molecule has 1 aromatic carbocycles. The molecule has 6 nitrogen and oxygen atoms in total. The van der Waals surface area contributed by atoms with E-state index in [2.05, 4.69) is 15.6 Å². The first-order valence-electron chi connectivity index (χ1n) is 7.79. The van der Waals surface area contributed by atoms with Crippen LogP contribution in [0.3, 0.4) is 0 Å². The van der Waals surface area contributed by atoms with Gasteiger partial charge in [0, 0.05) is 13.1 Å². The fourth-order valence-corrected chi connectivity index (χ4v) is 4.10. The maximum Gasteiger partial charge on any atom is 0.191 e. The highest BCUT2D eigenvalue weighted by Crippen LogP contribution is 2.13. The summed E-state index contributed by atoms with van der Waals surface area (Å²) in [5.74, 6) is 1.85. The van der Waals surface area contributed by atoms with Crippen molar-refractivity contribution in [2.45, 2.75) is 32.4 Å². The van der Waals surface area contributed by atoms with Gasteiger partial charge >= 0.3 is 0 Å². The molecule has 0 aromatic heterocycles. The van der Waals surface area contributed by atoms with Crippen LogP contribution < -0.4 is 15.4 Å². The fraction of sp³-hybridized carbons (Fsp3) is 0.562. The lowest BCUT2D eigenvalue weighted by Crippen LogP contribution is -2.46. The van der Waals surface area contributed by atoms with Gasteiger partial charge in [0.1, 0.15) is 11.9 Å². The van der Waals surface area contributed by atoms with Crippen LogP contribution >= 0.6 is 0 Å². The Labute approximate surface area is 138 Å². The number of hydrogen-bond acceptors (Lipinski definition) is 4. The van der Waals surface area contributed by atoms with Crippen molar-refractivity contribution in [1.82, 2.24) is 10.6 Å². The number of aliphatic imine (C=N–C) groups is 1. The van der Waals surface area contributed by atoms with Crippen LogP contribution in [-0.4, -0.2) is 51.6 Å². The number of aryl methyl sites for hydroxylation is 1. The lowest BCUT2D eigenvalue weighted by molar-refractivity contribution is 0.223. The highest BCUT2D eigenvalue weighted by Gasteiger charge is 2.28. The first kappa shape index (κ1) is 17.6. The molecule has 1 fully saturated rings. The number of hydrogen-bond donors (Lipinski definition) is 2. The van der Waals surface area contributed by atoms with Gasteiger partial charge in [-0.3, -0.25) is 4.99 Å². The van der Waals surface area contributed by atoms with E-state index in [4.69, 9.17) is 4.74 Å². The summed E-state index contributed by atoms with van der Waals surface area (Å²) < 4.78 is 28.8. The van der Waals surface area contributed by atoms with Gasteiger partial charge in [-0.2, -0.15) is 0 Å². The Kier molecular flexibility index (Phi) is 5.87. The van der Waals surface area contributed by atoms with E-state index >= 15 is 0 Å². The zero-order valence-electron chi connectivity index (χ0n) is 13.9. The zero-order chi connectivity index (χ0) is 16.9. The second kappa shape index (κ2) is 7.68. The molecule has 1 heterocycles. The molecule has 2 rings (SSSR count). The minimum absolute atomic E-state index is 0.0384. The fourth-order valence-electron chi connectivity index (χ4n) is 2.43. The van der Waals surface area contributed by atoms with Gasteiger partial charge in [-0.25, -0.2) is 8.42 Å². The third-order valence-corrected chi connectivity index (χ3v) is 5.48. The van der Waals surface area contributed by atoms with E-state index < -0.39 is 9.84 Å². The van der Waals surface area contributed by atoms with Crippen LogP contribution in [0.1, 0.15) is 18.9 Å². The molecular formula is C16H25N3O3S. The highest BCUT2D eigenvalue weighted by atomic mass is 32.2. The highest BCUT2D eigenvalue weighted by molar-refractivity contribution is 7.91. The molecule has 1 aliphatic rings. The number of benzene rings is 1. The predicted octanol–water partition coefficient (Wildman–Crippen LogP) is 1.11. The van der Waals surface area contributed by atoms with E-state index in [0.717, 1.165) is 5.75 Å². The quantitative estimate of drug-likeness (QED) is 0.621. The number of ether oxygens (including phenoxy) is 1. The molecule has 2 atom stereocenters. The Morgan fingerprint density at radius 2 is 2.09 bits per heavy atom. The second-order valence-electron chi connectivity index (χ2n) is 5.94. The van der Waals surface area contributed by atoms with Crippen molar-refractivity contribution in [3.05, 3.63) is 29.8 Å². The summed E-state index contributed by atoms with van der Waals surface area (Å²) in [7, 11) is -1.22. The topological polar surface area (TPSA) is 79.8 Å². The van der Waals surface area contributed by atoms with Crippen molar-refractivity contribution in [1.29, 1.82) is 0 Å². The van der Waals surface area contributed by atoms with Gasteiger partial charge in [0.2, 0.25) is 0 Å². The second-order valence-corrected chi connectivity index (χ2v) is 8.17. The Morgan fingerprint density at radius 1 is 1.39 bits per heavy atom. The SMILES string of the molecule is CN=C(NCC(C)Oc1ccc(C)cc1)NC1CCS(=O)(=O)C1. The van der Waals surface area contributed by atoms with Crippen molar-refractivity contribution in [3.8, 4) is 5.75 Å². The van der Waals surface area contributed by atoms with Crippen molar-refractivity contribution in [3.63, 3.8) is 0 Å². The van der Waals surface area contributed by atoms with Crippen LogP contribution in [0.25, 0.3) is 0 Å². The summed E-state index contributed by atoms with van der Waals surface area (Å²) in [6, 6.07) is 7.84. The van der Waals surface area contributed by atoms with Gasteiger partial charge in [-0.15, -0.1) is 0 Å². The van der Waals surface area contributed by atoms with Gasteiger partial charge in [0.15, 0.2) is 15.8 Å². The van der Waals surface area contributed by atoms with Crippen LogP contribution in [0.15, 0.2) is 29.3 Å². The summed E-state index contributed by atoms with van der Waals surface area (Å²) in [5.41, 5.74) is 1.19. The minimum atomic E-state index is -2.89. The molecule has 0 bridgehead atoms. The summed E-state index contributed by atoms with van der Waals surface area (Å²) in [6.07, 6.45) is 0.585. The standard InChI is InChI=1S/C16H25N3O3S/c1-12-4-6-15(7-5-12)22-13(2)10-18-16(17-3)19-14-8-9-23(20,21)11-14/h4-7,13-14H,8-11H2,1-3H3,(H2,17,18,19). The van der Waals surface area contributed by atoms with Crippen LogP contribution in [0.4, 0.5) is 0 Å². The van der Waals surface area contributed by atoms with E-state index in [9.17, 15) is 8.42 Å². The third kappa shape index (κ3) is 5.74. The Hall–Kier alpha value is -1.76. The van der Waals surface area contributed by atoms with E-state index in [0.29, 0.717) is 18.9 Å². The minimum Gasteiger partial charge on any atom is -0.489 e. The first-order valence-corrected chi connectivity index (χ1v) is 9.61. The maximum atomic E-state index is 11.5. The number of guanidine groups is 1. The van der Waals surface area contributed by atoms with E-state index in [1.807, 2.05) is 38.1 Å². The molecule has 1 aliphatic heterocycles.